The Labute approximate surface area is 180 Å². The molecule has 1 aromatic carbocycles. The van der Waals surface area contributed by atoms with E-state index in [2.05, 4.69) is 4.98 Å². The zero-order valence-electron chi connectivity index (χ0n) is 17.1. The van der Waals surface area contributed by atoms with Crippen LogP contribution < -0.4 is 4.74 Å². The summed E-state index contributed by atoms with van der Waals surface area (Å²) in [5, 5.41) is 8.42. The Morgan fingerprint density at radius 1 is 1.27 bits per heavy atom. The molecule has 0 radical (unpaired) electrons. The van der Waals surface area contributed by atoms with Crippen molar-refractivity contribution in [1.29, 1.82) is 0 Å². The lowest BCUT2D eigenvalue weighted by atomic mass is 10.0. The Morgan fingerprint density at radius 2 is 1.97 bits per heavy atom. The van der Waals surface area contributed by atoms with Crippen LogP contribution in [0.5, 0.6) is 5.88 Å². The molecule has 0 spiro atoms. The highest BCUT2D eigenvalue weighted by molar-refractivity contribution is 7.99. The van der Waals surface area contributed by atoms with Crippen molar-refractivity contribution in [1.82, 2.24) is 4.98 Å². The van der Waals surface area contributed by atoms with Crippen LogP contribution in [0.1, 0.15) is 62.7 Å². The molecule has 3 rings (SSSR count). The number of aliphatic carboxylic acids is 1. The molecule has 4 nitrogen and oxygen atoms in total. The predicted octanol–water partition coefficient (Wildman–Crippen LogP) is 6.40. The maximum atomic E-state index is 15.0. The average molecular weight is 436 g/mol. The van der Waals surface area contributed by atoms with Crippen LogP contribution in [-0.4, -0.2) is 27.9 Å². The van der Waals surface area contributed by atoms with E-state index >= 15 is 0 Å². The Kier molecular flexibility index (Phi) is 8.08. The van der Waals surface area contributed by atoms with Gasteiger partial charge in [-0.3, -0.25) is 4.79 Å². The molecule has 30 heavy (non-hydrogen) atoms. The minimum absolute atomic E-state index is 0.00866. The lowest BCUT2D eigenvalue weighted by Gasteiger charge is -2.18. The smallest absolute Gasteiger partial charge is 0.303 e. The lowest BCUT2D eigenvalue weighted by molar-refractivity contribution is -0.137. The zero-order valence-corrected chi connectivity index (χ0v) is 17.9. The topological polar surface area (TPSA) is 59.4 Å². The number of hydrogen-bond acceptors (Lipinski definition) is 4. The van der Waals surface area contributed by atoms with Crippen LogP contribution in [0, 0.1) is 11.6 Å². The molecular weight excluding hydrogens is 408 g/mol. The number of aromatic nitrogens is 1. The molecule has 162 valence electrons. The first-order valence-corrected chi connectivity index (χ1v) is 11.5. The molecule has 1 aliphatic rings. The summed E-state index contributed by atoms with van der Waals surface area (Å²) in [5.41, 5.74) is 0.825. The minimum Gasteiger partial charge on any atom is -0.481 e. The summed E-state index contributed by atoms with van der Waals surface area (Å²) in [6.45, 7) is 1.92. The number of rotatable bonds is 10. The van der Waals surface area contributed by atoms with Gasteiger partial charge in [0.05, 0.1) is 5.69 Å². The number of halogens is 2. The molecule has 1 unspecified atom stereocenters. The Balaban J connectivity index is 1.81. The van der Waals surface area contributed by atoms with Crippen LogP contribution in [-0.2, 0) is 4.79 Å². The van der Waals surface area contributed by atoms with E-state index in [1.165, 1.54) is 23.9 Å². The molecule has 1 heterocycles. The molecule has 1 saturated carbocycles. The van der Waals surface area contributed by atoms with Gasteiger partial charge in [0, 0.05) is 28.9 Å². The van der Waals surface area contributed by atoms with E-state index in [4.69, 9.17) is 9.84 Å². The van der Waals surface area contributed by atoms with Gasteiger partial charge >= 0.3 is 5.97 Å². The monoisotopic (exact) mass is 435 g/mol. The quantitative estimate of drug-likeness (QED) is 0.468. The Hall–Kier alpha value is -2.15. The second-order valence-electron chi connectivity index (χ2n) is 7.47. The number of benzene rings is 1. The van der Waals surface area contributed by atoms with E-state index in [-0.39, 0.29) is 18.1 Å². The van der Waals surface area contributed by atoms with Crippen molar-refractivity contribution in [3.63, 3.8) is 0 Å². The number of carboxylic acids is 1. The van der Waals surface area contributed by atoms with Crippen LogP contribution in [0.3, 0.4) is 0 Å². The van der Waals surface area contributed by atoms with Gasteiger partial charge in [-0.1, -0.05) is 13.0 Å². The van der Waals surface area contributed by atoms with E-state index in [1.54, 1.807) is 18.2 Å². The first kappa shape index (κ1) is 22.5. The van der Waals surface area contributed by atoms with E-state index < -0.39 is 22.9 Å². The number of carboxylic acid groups (broad SMARTS) is 1. The third kappa shape index (κ3) is 5.94. The summed E-state index contributed by atoms with van der Waals surface area (Å²) >= 11 is 1.42. The van der Waals surface area contributed by atoms with Crippen LogP contribution in [0.25, 0.3) is 11.3 Å². The third-order valence-electron chi connectivity index (χ3n) is 5.23. The molecule has 2 aromatic rings. The Morgan fingerprint density at radius 3 is 2.60 bits per heavy atom. The second kappa shape index (κ2) is 10.8. The number of hydrogen-bond donors (Lipinski definition) is 1. The van der Waals surface area contributed by atoms with Crippen molar-refractivity contribution < 1.29 is 23.4 Å². The van der Waals surface area contributed by atoms with Gasteiger partial charge in [0.1, 0.15) is 17.7 Å². The first-order chi connectivity index (χ1) is 14.5. The fourth-order valence-electron chi connectivity index (χ4n) is 3.81. The second-order valence-corrected chi connectivity index (χ2v) is 8.95. The number of ether oxygens (including phenoxy) is 1. The van der Waals surface area contributed by atoms with E-state index in [9.17, 15) is 13.6 Å². The highest BCUT2D eigenvalue weighted by Crippen LogP contribution is 2.38. The summed E-state index contributed by atoms with van der Waals surface area (Å²) in [6, 6.07) is 7.86. The summed E-state index contributed by atoms with van der Waals surface area (Å²) in [6.07, 6.45) is 5.21. The summed E-state index contributed by atoms with van der Waals surface area (Å²) in [5.74, 6) is -1.01. The van der Waals surface area contributed by atoms with Crippen molar-refractivity contribution in [3.8, 4) is 17.1 Å². The molecular formula is C23H27F2NO3S. The highest BCUT2D eigenvalue weighted by Gasteiger charge is 2.23. The zero-order chi connectivity index (χ0) is 21.5. The molecule has 1 fully saturated rings. The van der Waals surface area contributed by atoms with Gasteiger partial charge in [-0.25, -0.2) is 13.8 Å². The molecule has 0 bridgehead atoms. The van der Waals surface area contributed by atoms with Crippen molar-refractivity contribution in [2.75, 3.05) is 5.75 Å². The lowest BCUT2D eigenvalue weighted by Crippen LogP contribution is -2.11. The molecule has 1 aromatic heterocycles. The summed E-state index contributed by atoms with van der Waals surface area (Å²) in [4.78, 5) is 15.2. The molecule has 0 saturated heterocycles. The predicted molar refractivity (Wildman–Crippen MR) is 115 cm³/mol. The molecule has 7 heteroatoms. The van der Waals surface area contributed by atoms with Crippen LogP contribution in [0.2, 0.25) is 0 Å². The summed E-state index contributed by atoms with van der Waals surface area (Å²) < 4.78 is 35.8. The molecule has 1 aliphatic carbocycles. The first-order valence-electron chi connectivity index (χ1n) is 10.4. The van der Waals surface area contributed by atoms with Crippen LogP contribution in [0.15, 0.2) is 30.3 Å². The van der Waals surface area contributed by atoms with Crippen molar-refractivity contribution in [2.45, 2.75) is 63.2 Å². The van der Waals surface area contributed by atoms with Crippen molar-refractivity contribution >= 4 is 17.7 Å². The number of pyridine rings is 1. The van der Waals surface area contributed by atoms with Gasteiger partial charge in [-0.15, -0.1) is 0 Å². The molecule has 0 aliphatic heterocycles. The van der Waals surface area contributed by atoms with Crippen molar-refractivity contribution in [2.24, 2.45) is 0 Å². The maximum absolute atomic E-state index is 15.0. The van der Waals surface area contributed by atoms with Crippen LogP contribution in [0.4, 0.5) is 8.78 Å². The van der Waals surface area contributed by atoms with Gasteiger partial charge in [0.2, 0.25) is 5.88 Å². The number of nitrogens with zero attached hydrogens (tertiary/aromatic N) is 1. The van der Waals surface area contributed by atoms with Gasteiger partial charge in [0.15, 0.2) is 0 Å². The van der Waals surface area contributed by atoms with E-state index in [1.807, 2.05) is 6.92 Å². The fraction of sp³-hybridized carbons (Fsp3) is 0.478. The Bertz CT molecular complexity index is 848. The van der Waals surface area contributed by atoms with E-state index in [0.717, 1.165) is 25.7 Å². The summed E-state index contributed by atoms with van der Waals surface area (Å²) in [7, 11) is 0. The van der Waals surface area contributed by atoms with Gasteiger partial charge < -0.3 is 9.84 Å². The number of carbonyl (C=O) groups is 1. The van der Waals surface area contributed by atoms with Gasteiger partial charge in [-0.2, -0.15) is 11.8 Å². The maximum Gasteiger partial charge on any atom is 0.303 e. The van der Waals surface area contributed by atoms with Gasteiger partial charge in [0.25, 0.3) is 0 Å². The fourth-order valence-corrected chi connectivity index (χ4v) is 4.94. The molecule has 0 amide bonds. The van der Waals surface area contributed by atoms with Crippen molar-refractivity contribution in [3.05, 3.63) is 47.5 Å². The van der Waals surface area contributed by atoms with Gasteiger partial charge in [-0.05, 0) is 62.5 Å². The largest absolute Gasteiger partial charge is 0.481 e. The van der Waals surface area contributed by atoms with Crippen LogP contribution >= 0.6 is 11.8 Å². The third-order valence-corrected chi connectivity index (χ3v) is 6.44. The normalized spacial score (nSPS) is 15.3. The minimum atomic E-state index is -0.905. The SMILES string of the molecule is CCSC(CCCC(=O)O)c1c(F)cc(-c2cccc(OC3CCCC3)n2)cc1F. The highest BCUT2D eigenvalue weighted by atomic mass is 32.2. The molecule has 1 atom stereocenters. The molecule has 1 N–H and O–H groups in total. The van der Waals surface area contributed by atoms with E-state index in [0.29, 0.717) is 35.7 Å². The standard InChI is InChI=1S/C23H27F2NO3S/c1-2-30-20(10-6-12-22(27)28)23-17(24)13-15(14-18(23)25)19-9-5-11-21(26-19)29-16-7-3-4-8-16/h5,9,11,13-14,16,20H,2-4,6-8,10,12H2,1H3,(H,27,28). The average Bonchev–Trinajstić information content (AvgIpc) is 3.20. The number of thioether (sulfide) groups is 1.